The largest absolute Gasteiger partial charge is 0.483 e. The van der Waals surface area contributed by atoms with E-state index in [9.17, 15) is 14.4 Å². The number of carboxylic acid groups (broad SMARTS) is 1. The summed E-state index contributed by atoms with van der Waals surface area (Å²) < 4.78 is 5.52. The van der Waals surface area contributed by atoms with Crippen LogP contribution in [0.15, 0.2) is 24.3 Å². The van der Waals surface area contributed by atoms with E-state index >= 15 is 0 Å². The van der Waals surface area contributed by atoms with Gasteiger partial charge in [-0.2, -0.15) is 0 Å². The van der Waals surface area contributed by atoms with Crippen molar-refractivity contribution < 1.29 is 24.2 Å². The van der Waals surface area contributed by atoms with Crippen LogP contribution in [0.5, 0.6) is 5.75 Å². The summed E-state index contributed by atoms with van der Waals surface area (Å²) in [6.07, 6.45) is 4.27. The topological polar surface area (TPSA) is 95.9 Å². The molecule has 1 aliphatic rings. The van der Waals surface area contributed by atoms with Crippen molar-refractivity contribution in [2.45, 2.75) is 25.7 Å². The zero-order valence-electron chi connectivity index (χ0n) is 13.5. The van der Waals surface area contributed by atoms with Crippen molar-refractivity contribution in [1.82, 2.24) is 10.2 Å². The highest BCUT2D eigenvalue weighted by atomic mass is 16.5. The number of ether oxygens (including phenoxy) is 1. The minimum absolute atomic E-state index is 0.0994. The van der Waals surface area contributed by atoms with Crippen LogP contribution in [-0.2, 0) is 9.59 Å². The lowest BCUT2D eigenvalue weighted by Crippen LogP contribution is -2.36. The molecule has 1 aromatic rings. The lowest BCUT2D eigenvalue weighted by Gasteiger charge is -2.20. The molecule has 0 aliphatic carbocycles. The molecule has 2 rings (SSSR count). The van der Waals surface area contributed by atoms with E-state index in [0.717, 1.165) is 38.8 Å². The van der Waals surface area contributed by atoms with Crippen LogP contribution in [0.3, 0.4) is 0 Å². The molecular formula is C17H22N2O5. The van der Waals surface area contributed by atoms with Gasteiger partial charge < -0.3 is 20.1 Å². The monoisotopic (exact) mass is 334 g/mol. The molecule has 7 heteroatoms. The summed E-state index contributed by atoms with van der Waals surface area (Å²) in [5.41, 5.74) is 0.211. The Kier molecular flexibility index (Phi) is 6.60. The molecule has 1 aromatic carbocycles. The van der Waals surface area contributed by atoms with E-state index in [-0.39, 0.29) is 23.8 Å². The Hall–Kier alpha value is -2.57. The van der Waals surface area contributed by atoms with Crippen LogP contribution in [0, 0.1) is 0 Å². The molecule has 0 unspecified atom stereocenters. The summed E-state index contributed by atoms with van der Waals surface area (Å²) in [6.45, 7) is 0.870. The Balaban J connectivity index is 1.95. The normalized spacial score (nSPS) is 14.6. The number of benzene rings is 1. The third-order valence-corrected chi connectivity index (χ3v) is 3.84. The Bertz CT molecular complexity index is 594. The summed E-state index contributed by atoms with van der Waals surface area (Å²) in [6, 6.07) is 6.47. The molecule has 0 radical (unpaired) electrons. The molecule has 1 aliphatic heterocycles. The fourth-order valence-electron chi connectivity index (χ4n) is 2.58. The van der Waals surface area contributed by atoms with Gasteiger partial charge in [-0.05, 0) is 25.0 Å². The van der Waals surface area contributed by atoms with Gasteiger partial charge in [-0.3, -0.25) is 14.4 Å². The summed E-state index contributed by atoms with van der Waals surface area (Å²) in [5, 5.41) is 10.9. The first-order valence-corrected chi connectivity index (χ1v) is 8.07. The van der Waals surface area contributed by atoms with Gasteiger partial charge in [0.2, 0.25) is 0 Å². The van der Waals surface area contributed by atoms with Crippen molar-refractivity contribution in [3.05, 3.63) is 29.8 Å². The van der Waals surface area contributed by atoms with E-state index in [1.165, 1.54) is 6.07 Å². The van der Waals surface area contributed by atoms with E-state index in [1.807, 2.05) is 0 Å². The number of likely N-dealkylation sites (tertiary alicyclic amines) is 1. The van der Waals surface area contributed by atoms with Gasteiger partial charge in [0.25, 0.3) is 11.8 Å². The van der Waals surface area contributed by atoms with Crippen LogP contribution >= 0.6 is 0 Å². The van der Waals surface area contributed by atoms with Crippen molar-refractivity contribution in [3.63, 3.8) is 0 Å². The highest BCUT2D eigenvalue weighted by Gasteiger charge is 2.18. The molecular weight excluding hydrogens is 312 g/mol. The van der Waals surface area contributed by atoms with Crippen LogP contribution in [0.25, 0.3) is 0 Å². The first kappa shape index (κ1) is 17.8. The molecule has 1 saturated heterocycles. The second-order valence-electron chi connectivity index (χ2n) is 5.66. The van der Waals surface area contributed by atoms with Crippen molar-refractivity contribution >= 4 is 17.8 Å². The molecule has 0 spiro atoms. The van der Waals surface area contributed by atoms with Crippen molar-refractivity contribution in [3.8, 4) is 5.75 Å². The van der Waals surface area contributed by atoms with E-state index in [0.29, 0.717) is 0 Å². The van der Waals surface area contributed by atoms with Crippen LogP contribution < -0.4 is 10.1 Å². The molecule has 7 nitrogen and oxygen atoms in total. The van der Waals surface area contributed by atoms with Crippen LogP contribution in [0.1, 0.15) is 36.0 Å². The number of nitrogens with one attached hydrogen (secondary N) is 1. The number of hydrogen-bond acceptors (Lipinski definition) is 4. The van der Waals surface area contributed by atoms with Gasteiger partial charge in [0.1, 0.15) is 12.3 Å². The summed E-state index contributed by atoms with van der Waals surface area (Å²) >= 11 is 0. The first-order chi connectivity index (χ1) is 11.6. The molecule has 130 valence electrons. The zero-order chi connectivity index (χ0) is 17.4. The van der Waals surface area contributed by atoms with Gasteiger partial charge in [0.05, 0.1) is 5.56 Å². The average Bonchev–Trinajstić information content (AvgIpc) is 2.87. The molecule has 2 amide bonds. The number of para-hydroxylation sites is 1. The fourth-order valence-corrected chi connectivity index (χ4v) is 2.58. The smallest absolute Gasteiger partial charge is 0.322 e. The summed E-state index contributed by atoms with van der Waals surface area (Å²) in [7, 11) is 0. The van der Waals surface area contributed by atoms with Gasteiger partial charge in [0, 0.05) is 13.1 Å². The minimum atomic E-state index is -1.13. The quantitative estimate of drug-likeness (QED) is 0.817. The van der Waals surface area contributed by atoms with Crippen molar-refractivity contribution in [1.29, 1.82) is 0 Å². The van der Waals surface area contributed by atoms with Crippen LogP contribution in [0.4, 0.5) is 0 Å². The van der Waals surface area contributed by atoms with Gasteiger partial charge in [-0.25, -0.2) is 0 Å². The maximum atomic E-state index is 12.2. The minimum Gasteiger partial charge on any atom is -0.483 e. The van der Waals surface area contributed by atoms with Crippen LogP contribution in [0.2, 0.25) is 0 Å². The van der Waals surface area contributed by atoms with Gasteiger partial charge in [-0.1, -0.05) is 25.0 Å². The van der Waals surface area contributed by atoms with Gasteiger partial charge >= 0.3 is 5.97 Å². The summed E-state index contributed by atoms with van der Waals surface area (Å²) in [5.74, 6) is -1.51. The SMILES string of the molecule is O=C(O)CNC(=O)c1ccccc1OCC(=O)N1CCCCCC1. The molecule has 0 atom stereocenters. The Morgan fingerprint density at radius 2 is 1.75 bits per heavy atom. The number of carboxylic acids is 1. The number of hydrogen-bond donors (Lipinski definition) is 2. The Morgan fingerprint density at radius 1 is 1.08 bits per heavy atom. The maximum absolute atomic E-state index is 12.2. The zero-order valence-corrected chi connectivity index (χ0v) is 13.5. The Labute approximate surface area is 140 Å². The van der Waals surface area contributed by atoms with Crippen molar-refractivity contribution in [2.24, 2.45) is 0 Å². The highest BCUT2D eigenvalue weighted by molar-refractivity contribution is 5.98. The molecule has 1 fully saturated rings. The lowest BCUT2D eigenvalue weighted by molar-refractivity contribution is -0.136. The average molecular weight is 334 g/mol. The second kappa shape index (κ2) is 8.90. The molecule has 0 aromatic heterocycles. The van der Waals surface area contributed by atoms with Gasteiger partial charge in [-0.15, -0.1) is 0 Å². The lowest BCUT2D eigenvalue weighted by atomic mass is 10.2. The molecule has 1 heterocycles. The number of carbonyl (C=O) groups excluding carboxylic acids is 2. The molecule has 2 N–H and O–H groups in total. The number of aliphatic carboxylic acids is 1. The predicted molar refractivity (Wildman–Crippen MR) is 87.0 cm³/mol. The Morgan fingerprint density at radius 3 is 2.42 bits per heavy atom. The standard InChI is InChI=1S/C17H22N2O5/c20-15(19-9-5-1-2-6-10-19)12-24-14-8-4-3-7-13(14)17(23)18-11-16(21)22/h3-4,7-8H,1-2,5-6,9-12H2,(H,18,23)(H,21,22). The van der Waals surface area contributed by atoms with Crippen LogP contribution in [-0.4, -0.2) is 54.0 Å². The third kappa shape index (κ3) is 5.26. The second-order valence-corrected chi connectivity index (χ2v) is 5.66. The van der Waals surface area contributed by atoms with Crippen molar-refractivity contribution in [2.75, 3.05) is 26.2 Å². The third-order valence-electron chi connectivity index (χ3n) is 3.84. The summed E-state index contributed by atoms with van der Waals surface area (Å²) in [4.78, 5) is 36.6. The number of amides is 2. The predicted octanol–water partition coefficient (Wildman–Crippen LogP) is 1.28. The van der Waals surface area contributed by atoms with E-state index in [2.05, 4.69) is 5.32 Å². The molecule has 0 saturated carbocycles. The van der Waals surface area contributed by atoms with E-state index < -0.39 is 18.4 Å². The van der Waals surface area contributed by atoms with Gasteiger partial charge in [0.15, 0.2) is 6.61 Å². The number of rotatable bonds is 6. The first-order valence-electron chi connectivity index (χ1n) is 8.07. The van der Waals surface area contributed by atoms with E-state index in [1.54, 1.807) is 23.1 Å². The maximum Gasteiger partial charge on any atom is 0.322 e. The molecule has 0 bridgehead atoms. The highest BCUT2D eigenvalue weighted by Crippen LogP contribution is 2.18. The number of carbonyl (C=O) groups is 3. The molecule has 24 heavy (non-hydrogen) atoms. The van der Waals surface area contributed by atoms with E-state index in [4.69, 9.17) is 9.84 Å². The fraction of sp³-hybridized carbons (Fsp3) is 0.471. The number of nitrogens with zero attached hydrogens (tertiary/aromatic N) is 1.